The van der Waals surface area contributed by atoms with E-state index in [0.717, 1.165) is 16.6 Å². The van der Waals surface area contributed by atoms with Gasteiger partial charge >= 0.3 is 0 Å². The molecule has 3 aromatic rings. The van der Waals surface area contributed by atoms with Crippen LogP contribution in [0.15, 0.2) is 48.8 Å². The number of ether oxygens (including phenoxy) is 1. The number of carbonyl (C=O) groups excluding carboxylic acids is 1. The highest BCUT2D eigenvalue weighted by Gasteiger charge is 2.05. The molecule has 1 aromatic heterocycles. The monoisotopic (exact) mass is 327 g/mol. The van der Waals surface area contributed by atoms with Gasteiger partial charge in [-0.05, 0) is 36.2 Å². The van der Waals surface area contributed by atoms with Crippen LogP contribution in [0.4, 0.5) is 4.39 Å². The average Bonchev–Trinajstić information content (AvgIpc) is 2.94. The highest BCUT2D eigenvalue weighted by atomic mass is 19.1. The maximum atomic E-state index is 13.0. The minimum atomic E-state index is -0.391. The van der Waals surface area contributed by atoms with E-state index in [4.69, 9.17) is 4.74 Å². The Labute approximate surface area is 139 Å². The number of fused-ring (bicyclic) bond motifs is 1. The molecule has 6 heteroatoms. The van der Waals surface area contributed by atoms with Gasteiger partial charge < -0.3 is 14.6 Å². The highest BCUT2D eigenvalue weighted by Crippen LogP contribution is 2.14. The lowest BCUT2D eigenvalue weighted by molar-refractivity contribution is -0.123. The molecule has 0 spiro atoms. The zero-order valence-electron chi connectivity index (χ0n) is 13.3. The van der Waals surface area contributed by atoms with Gasteiger partial charge in [0.1, 0.15) is 11.6 Å². The second kappa shape index (κ2) is 7.12. The standard InChI is InChI=1S/C18H18FN3O2/c1-22-12-21-16-9-13(5-6-17(16)22)7-8-20-18(23)11-24-15-4-2-3-14(19)10-15/h2-6,9-10,12H,7-8,11H2,1H3,(H,20,23). The van der Waals surface area contributed by atoms with E-state index in [0.29, 0.717) is 18.7 Å². The first-order chi connectivity index (χ1) is 11.6. The lowest BCUT2D eigenvalue weighted by Gasteiger charge is -2.08. The molecule has 0 aliphatic carbocycles. The van der Waals surface area contributed by atoms with Crippen LogP contribution in [0.2, 0.25) is 0 Å². The van der Waals surface area contributed by atoms with Crippen LogP contribution in [0.25, 0.3) is 11.0 Å². The lowest BCUT2D eigenvalue weighted by Crippen LogP contribution is -2.30. The first kappa shape index (κ1) is 16.0. The van der Waals surface area contributed by atoms with Gasteiger partial charge in [-0.25, -0.2) is 9.37 Å². The number of imidazole rings is 1. The van der Waals surface area contributed by atoms with E-state index in [-0.39, 0.29) is 12.5 Å². The predicted octanol–water partition coefficient (Wildman–Crippen LogP) is 2.45. The fourth-order valence-corrected chi connectivity index (χ4v) is 2.44. The Morgan fingerprint density at radius 2 is 2.17 bits per heavy atom. The van der Waals surface area contributed by atoms with E-state index >= 15 is 0 Å². The maximum absolute atomic E-state index is 13.0. The van der Waals surface area contributed by atoms with E-state index in [1.165, 1.54) is 18.2 Å². The number of halogens is 1. The molecule has 0 aliphatic heterocycles. The second-order valence-electron chi connectivity index (χ2n) is 5.52. The molecule has 2 aromatic carbocycles. The molecule has 1 heterocycles. The van der Waals surface area contributed by atoms with Gasteiger partial charge in [0.15, 0.2) is 6.61 Å². The van der Waals surface area contributed by atoms with Crippen LogP contribution in [0.5, 0.6) is 5.75 Å². The predicted molar refractivity (Wildman–Crippen MR) is 89.3 cm³/mol. The molecule has 1 amide bonds. The van der Waals surface area contributed by atoms with Gasteiger partial charge in [0.25, 0.3) is 5.91 Å². The van der Waals surface area contributed by atoms with Crippen LogP contribution in [0.3, 0.4) is 0 Å². The second-order valence-corrected chi connectivity index (χ2v) is 5.52. The van der Waals surface area contributed by atoms with Gasteiger partial charge in [-0.15, -0.1) is 0 Å². The van der Waals surface area contributed by atoms with Crippen molar-refractivity contribution in [1.29, 1.82) is 0 Å². The topological polar surface area (TPSA) is 56.2 Å². The molecule has 124 valence electrons. The quantitative estimate of drug-likeness (QED) is 0.757. The molecule has 0 fully saturated rings. The SMILES string of the molecule is Cn1cnc2cc(CCNC(=O)COc3cccc(F)c3)ccc21. The maximum Gasteiger partial charge on any atom is 0.257 e. The molecule has 1 N–H and O–H groups in total. The third kappa shape index (κ3) is 3.90. The van der Waals surface area contributed by atoms with Crippen molar-refractivity contribution in [2.24, 2.45) is 7.05 Å². The molecular weight excluding hydrogens is 309 g/mol. The van der Waals surface area contributed by atoms with E-state index in [1.807, 2.05) is 29.8 Å². The Hall–Kier alpha value is -2.89. The average molecular weight is 327 g/mol. The first-order valence-electron chi connectivity index (χ1n) is 7.67. The molecule has 24 heavy (non-hydrogen) atoms. The minimum Gasteiger partial charge on any atom is -0.484 e. The van der Waals surface area contributed by atoms with Gasteiger partial charge in [-0.1, -0.05) is 12.1 Å². The van der Waals surface area contributed by atoms with Crippen molar-refractivity contribution < 1.29 is 13.9 Å². The Balaban J connectivity index is 1.45. The Morgan fingerprint density at radius 3 is 3.00 bits per heavy atom. The normalized spacial score (nSPS) is 10.8. The van der Waals surface area contributed by atoms with Crippen molar-refractivity contribution in [2.75, 3.05) is 13.2 Å². The molecule has 5 nitrogen and oxygen atoms in total. The van der Waals surface area contributed by atoms with Crippen LogP contribution >= 0.6 is 0 Å². The summed E-state index contributed by atoms with van der Waals surface area (Å²) in [6.07, 6.45) is 2.48. The molecule has 0 unspecified atom stereocenters. The number of aromatic nitrogens is 2. The number of nitrogens with zero attached hydrogens (tertiary/aromatic N) is 2. The summed E-state index contributed by atoms with van der Waals surface area (Å²) >= 11 is 0. The zero-order chi connectivity index (χ0) is 16.9. The Kier molecular flexibility index (Phi) is 4.74. The Bertz CT molecular complexity index is 860. The summed E-state index contributed by atoms with van der Waals surface area (Å²) in [7, 11) is 1.95. The van der Waals surface area contributed by atoms with Crippen LogP contribution in [0, 0.1) is 5.82 Å². The van der Waals surface area contributed by atoms with Crippen molar-refractivity contribution in [1.82, 2.24) is 14.9 Å². The largest absolute Gasteiger partial charge is 0.484 e. The Morgan fingerprint density at radius 1 is 1.29 bits per heavy atom. The molecular formula is C18H18FN3O2. The first-order valence-corrected chi connectivity index (χ1v) is 7.67. The summed E-state index contributed by atoms with van der Waals surface area (Å²) in [6, 6.07) is 11.8. The summed E-state index contributed by atoms with van der Waals surface area (Å²) in [6.45, 7) is 0.367. The van der Waals surface area contributed by atoms with Crippen LogP contribution < -0.4 is 10.1 Å². The number of hydrogen-bond acceptors (Lipinski definition) is 3. The van der Waals surface area contributed by atoms with Crippen LogP contribution in [0.1, 0.15) is 5.56 Å². The van der Waals surface area contributed by atoms with E-state index < -0.39 is 5.82 Å². The van der Waals surface area contributed by atoms with E-state index in [9.17, 15) is 9.18 Å². The molecule has 0 saturated carbocycles. The van der Waals surface area contributed by atoms with E-state index in [2.05, 4.69) is 10.3 Å². The summed E-state index contributed by atoms with van der Waals surface area (Å²) in [5, 5.41) is 2.79. The number of hydrogen-bond donors (Lipinski definition) is 1. The zero-order valence-corrected chi connectivity index (χ0v) is 13.3. The van der Waals surface area contributed by atoms with E-state index in [1.54, 1.807) is 12.4 Å². The van der Waals surface area contributed by atoms with Gasteiger partial charge in [-0.3, -0.25) is 4.79 Å². The third-order valence-electron chi connectivity index (χ3n) is 3.69. The molecule has 3 rings (SSSR count). The van der Waals surface area contributed by atoms with Gasteiger partial charge in [-0.2, -0.15) is 0 Å². The summed E-state index contributed by atoms with van der Waals surface area (Å²) < 4.78 is 20.2. The number of rotatable bonds is 6. The van der Waals surface area contributed by atoms with Gasteiger partial charge in [0.05, 0.1) is 17.4 Å². The number of carbonyl (C=O) groups is 1. The summed E-state index contributed by atoms with van der Waals surface area (Å²) in [4.78, 5) is 16.1. The van der Waals surface area contributed by atoms with Gasteiger partial charge in [0, 0.05) is 19.7 Å². The van der Waals surface area contributed by atoms with Crippen molar-refractivity contribution in [3.05, 3.63) is 60.2 Å². The highest BCUT2D eigenvalue weighted by molar-refractivity contribution is 5.78. The molecule has 0 radical (unpaired) electrons. The fourth-order valence-electron chi connectivity index (χ4n) is 2.44. The fraction of sp³-hybridized carbons (Fsp3) is 0.222. The third-order valence-corrected chi connectivity index (χ3v) is 3.69. The van der Waals surface area contributed by atoms with Crippen LogP contribution in [-0.2, 0) is 18.3 Å². The van der Waals surface area contributed by atoms with Crippen molar-refractivity contribution in [3.63, 3.8) is 0 Å². The molecule has 0 saturated heterocycles. The number of nitrogens with one attached hydrogen (secondary N) is 1. The van der Waals surface area contributed by atoms with Crippen molar-refractivity contribution >= 4 is 16.9 Å². The molecule has 0 bridgehead atoms. The molecule has 0 atom stereocenters. The van der Waals surface area contributed by atoms with Crippen molar-refractivity contribution in [2.45, 2.75) is 6.42 Å². The summed E-state index contributed by atoms with van der Waals surface area (Å²) in [5.74, 6) is -0.290. The number of aryl methyl sites for hydroxylation is 1. The van der Waals surface area contributed by atoms with Crippen LogP contribution in [-0.4, -0.2) is 28.6 Å². The van der Waals surface area contributed by atoms with Gasteiger partial charge in [0.2, 0.25) is 0 Å². The summed E-state index contributed by atoms with van der Waals surface area (Å²) in [5.41, 5.74) is 3.12. The lowest BCUT2D eigenvalue weighted by atomic mass is 10.1. The number of amides is 1. The molecule has 0 aliphatic rings. The smallest absolute Gasteiger partial charge is 0.257 e. The minimum absolute atomic E-state index is 0.136. The number of benzene rings is 2. The van der Waals surface area contributed by atoms with Crippen molar-refractivity contribution in [3.8, 4) is 5.75 Å².